The van der Waals surface area contributed by atoms with Gasteiger partial charge >= 0.3 is 47.7 Å². The van der Waals surface area contributed by atoms with Gasteiger partial charge in [0.05, 0.1) is 25.0 Å². The largest absolute Gasteiger partial charge is 0.460 e. The fourth-order valence-electron chi connectivity index (χ4n) is 5.41. The lowest BCUT2D eigenvalue weighted by Gasteiger charge is -2.42. The minimum absolute atomic E-state index is 0.0422. The van der Waals surface area contributed by atoms with Crippen molar-refractivity contribution in [2.75, 3.05) is 24.7 Å². The van der Waals surface area contributed by atoms with Crippen LogP contribution in [0.5, 0.6) is 0 Å². The number of aryl methyl sites for hydroxylation is 1. The number of nitrogens with zero attached hydrogens (tertiary/aromatic N) is 5. The Morgan fingerprint density at radius 2 is 1.38 bits per heavy atom. The lowest BCUT2D eigenvalue weighted by Crippen LogP contribution is -2.75. The van der Waals surface area contributed by atoms with Crippen molar-refractivity contribution in [3.05, 3.63) is 23.5 Å². The van der Waals surface area contributed by atoms with Crippen molar-refractivity contribution in [2.45, 2.75) is 60.7 Å². The SMILES string of the molecule is Cc1cc(N2C(=O)C3CN4CC(C(=O)C(F)(F)C(F)(F)C(F)(F)C(F)(F)C(F)(F)C(F)(F)C(F)(F)F)[N+]3(C4)C2=O)cnc1C#N. The number of quaternary nitrogens is 1. The number of piperazine rings is 1. The van der Waals surface area contributed by atoms with E-state index in [1.54, 1.807) is 6.07 Å². The van der Waals surface area contributed by atoms with Crippen molar-refractivity contribution in [1.29, 1.82) is 5.26 Å². The maximum atomic E-state index is 14.9. The number of ketones is 1. The summed E-state index contributed by atoms with van der Waals surface area (Å²) in [5.41, 5.74) is -0.617. The van der Waals surface area contributed by atoms with E-state index in [9.17, 15) is 80.2 Å². The number of carbonyl (C=O) groups is 3. The number of anilines is 1. The van der Waals surface area contributed by atoms with Crippen LogP contribution in [0.3, 0.4) is 0 Å². The number of hydrogen-bond donors (Lipinski definition) is 0. The monoisotopic (exact) mass is 680 g/mol. The second kappa shape index (κ2) is 9.43. The summed E-state index contributed by atoms with van der Waals surface area (Å²) in [6.45, 7) is -1.38. The van der Waals surface area contributed by atoms with Gasteiger partial charge in [-0.3, -0.25) is 9.59 Å². The molecule has 248 valence electrons. The van der Waals surface area contributed by atoms with Crippen LogP contribution in [-0.4, -0.2) is 106 Å². The Hall–Kier alpha value is -3.68. The van der Waals surface area contributed by atoms with Crippen molar-refractivity contribution >= 4 is 23.4 Å². The number of fused-ring (bicyclic) bond motifs is 1. The highest BCUT2D eigenvalue weighted by Gasteiger charge is 2.94. The number of halogens is 15. The molecule has 3 amide bonds. The molecule has 45 heavy (non-hydrogen) atoms. The molecule has 3 aliphatic heterocycles. The molecular formula is C22H13F15N5O3+. The molecule has 0 radical (unpaired) electrons. The number of urea groups is 1. The summed E-state index contributed by atoms with van der Waals surface area (Å²) < 4.78 is 204. The molecule has 1 spiro atoms. The molecule has 0 saturated carbocycles. The van der Waals surface area contributed by atoms with Crippen LogP contribution >= 0.6 is 0 Å². The van der Waals surface area contributed by atoms with Gasteiger partial charge < -0.3 is 0 Å². The van der Waals surface area contributed by atoms with E-state index in [1.807, 2.05) is 0 Å². The van der Waals surface area contributed by atoms with Gasteiger partial charge in [-0.15, -0.1) is 0 Å². The fourth-order valence-corrected chi connectivity index (χ4v) is 5.41. The van der Waals surface area contributed by atoms with E-state index < -0.39 is 101 Å². The quantitative estimate of drug-likeness (QED) is 0.228. The Morgan fingerprint density at radius 3 is 1.87 bits per heavy atom. The third-order valence-corrected chi connectivity index (χ3v) is 7.83. The van der Waals surface area contributed by atoms with Crippen LogP contribution in [0.4, 0.5) is 76.3 Å². The molecule has 0 N–H and O–H groups in total. The number of aromatic nitrogens is 1. The minimum atomic E-state index is -8.59. The summed E-state index contributed by atoms with van der Waals surface area (Å²) in [4.78, 5) is 44.0. The number of Topliss-reactive ketones (excluding diaryl/α,β-unsaturated/α-hetero) is 1. The standard InChI is InChI=1S/C22H13F15N5O3/c1-8-2-9(4-39-10(8)3-38)41-14(44)12-6-40-5-11(42(12,7-40)15(41)45)13(43)16(23,24)17(25,26)18(27,28)19(29,30)20(31,32)21(33,34)22(35,36)37/h2,4,11-12H,5-7H2,1H3/q+1. The van der Waals surface area contributed by atoms with E-state index in [4.69, 9.17) is 5.26 Å². The summed E-state index contributed by atoms with van der Waals surface area (Å²) in [7, 11) is 0. The van der Waals surface area contributed by atoms with Crippen LogP contribution in [0, 0.1) is 18.3 Å². The number of hydrogen-bond acceptors (Lipinski definition) is 6. The van der Waals surface area contributed by atoms with Gasteiger partial charge in [-0.25, -0.2) is 19.2 Å². The molecule has 4 unspecified atom stereocenters. The van der Waals surface area contributed by atoms with Crippen LogP contribution in [0.25, 0.3) is 0 Å². The van der Waals surface area contributed by atoms with Crippen molar-refractivity contribution in [1.82, 2.24) is 9.88 Å². The minimum Gasteiger partial charge on any atom is -0.286 e. The van der Waals surface area contributed by atoms with E-state index >= 15 is 0 Å². The molecular weight excluding hydrogens is 667 g/mol. The molecule has 3 saturated heterocycles. The van der Waals surface area contributed by atoms with E-state index in [-0.39, 0.29) is 16.2 Å². The Morgan fingerprint density at radius 1 is 0.867 bits per heavy atom. The number of pyridine rings is 1. The van der Waals surface area contributed by atoms with Crippen LogP contribution in [0.2, 0.25) is 0 Å². The number of amides is 3. The Bertz CT molecular complexity index is 1520. The van der Waals surface area contributed by atoms with Gasteiger partial charge in [0.15, 0.2) is 12.1 Å². The lowest BCUT2D eigenvalue weighted by atomic mass is 9.87. The lowest BCUT2D eigenvalue weighted by molar-refractivity contribution is -0.853. The maximum absolute atomic E-state index is 14.9. The molecule has 1 aromatic rings. The van der Waals surface area contributed by atoms with E-state index in [1.165, 1.54) is 6.92 Å². The topological polar surface area (TPSA) is 94.4 Å². The van der Waals surface area contributed by atoms with Gasteiger partial charge in [-0.1, -0.05) is 0 Å². The summed E-state index contributed by atoms with van der Waals surface area (Å²) in [5, 5.41) is 8.99. The Balaban J connectivity index is 1.75. The molecule has 4 heterocycles. The normalized spacial score (nSPS) is 26.4. The molecule has 3 fully saturated rings. The molecule has 4 atom stereocenters. The van der Waals surface area contributed by atoms with E-state index in [2.05, 4.69) is 4.98 Å². The number of rotatable bonds is 8. The van der Waals surface area contributed by atoms with Crippen molar-refractivity contribution < 1.29 is 84.7 Å². The predicted octanol–water partition coefficient (Wildman–Crippen LogP) is 4.51. The third kappa shape index (κ3) is 3.96. The van der Waals surface area contributed by atoms with Gasteiger partial charge in [0.25, 0.3) is 11.7 Å². The van der Waals surface area contributed by atoms with Crippen molar-refractivity contribution in [3.63, 3.8) is 0 Å². The zero-order valence-electron chi connectivity index (χ0n) is 21.6. The molecule has 1 aromatic heterocycles. The van der Waals surface area contributed by atoms with Gasteiger partial charge in [0.1, 0.15) is 18.4 Å². The average molecular weight is 680 g/mol. The van der Waals surface area contributed by atoms with Gasteiger partial charge in [0, 0.05) is 0 Å². The van der Waals surface area contributed by atoms with E-state index in [0.717, 1.165) is 17.2 Å². The number of alkyl halides is 15. The molecule has 3 aliphatic rings. The van der Waals surface area contributed by atoms with Crippen molar-refractivity contribution in [2.24, 2.45) is 0 Å². The molecule has 8 nitrogen and oxygen atoms in total. The summed E-state index contributed by atoms with van der Waals surface area (Å²) in [6, 6.07) is -3.85. The van der Waals surface area contributed by atoms with Crippen LogP contribution in [-0.2, 0) is 9.59 Å². The Labute approximate surface area is 239 Å². The average Bonchev–Trinajstić information content (AvgIpc) is 3.54. The third-order valence-electron chi connectivity index (χ3n) is 7.83. The smallest absolute Gasteiger partial charge is 0.286 e. The number of imide groups is 1. The summed E-state index contributed by atoms with van der Waals surface area (Å²) >= 11 is 0. The van der Waals surface area contributed by atoms with Crippen LogP contribution < -0.4 is 4.90 Å². The van der Waals surface area contributed by atoms with Gasteiger partial charge in [0.2, 0.25) is 0 Å². The highest BCUT2D eigenvalue weighted by Crippen LogP contribution is 2.63. The zero-order chi connectivity index (χ0) is 34.7. The summed E-state index contributed by atoms with van der Waals surface area (Å²) in [5.74, 6) is -53.9. The van der Waals surface area contributed by atoms with E-state index in [0.29, 0.717) is 0 Å². The predicted molar refractivity (Wildman–Crippen MR) is 112 cm³/mol. The first-order valence-corrected chi connectivity index (χ1v) is 11.8. The van der Waals surface area contributed by atoms with Gasteiger partial charge in [-0.05, 0) is 18.6 Å². The molecule has 0 aliphatic carbocycles. The summed E-state index contributed by atoms with van der Waals surface area (Å²) in [6.07, 6.45) is -7.02. The first kappa shape index (κ1) is 34.2. The second-order valence-corrected chi connectivity index (χ2v) is 10.4. The van der Waals surface area contributed by atoms with Crippen molar-refractivity contribution in [3.8, 4) is 6.07 Å². The maximum Gasteiger partial charge on any atom is 0.460 e. The highest BCUT2D eigenvalue weighted by atomic mass is 19.4. The second-order valence-electron chi connectivity index (χ2n) is 10.4. The first-order valence-electron chi connectivity index (χ1n) is 11.8. The molecule has 0 aromatic carbocycles. The molecule has 4 rings (SSSR count). The van der Waals surface area contributed by atoms with Gasteiger partial charge in [-0.2, -0.15) is 76.0 Å². The number of carbonyl (C=O) groups excluding carboxylic acids is 3. The van der Waals surface area contributed by atoms with Crippen LogP contribution in [0.15, 0.2) is 12.3 Å². The molecule has 23 heteroatoms. The highest BCUT2D eigenvalue weighted by molar-refractivity contribution is 6.19. The number of nitriles is 1. The fraction of sp³-hybridized carbons (Fsp3) is 0.591. The van der Waals surface area contributed by atoms with Crippen LogP contribution in [0.1, 0.15) is 11.3 Å². The molecule has 2 bridgehead atoms. The zero-order valence-corrected chi connectivity index (χ0v) is 21.6. The Kier molecular flexibility index (Phi) is 7.16. The first-order chi connectivity index (χ1) is 20.1.